The molecule has 0 radical (unpaired) electrons. The molecule has 0 saturated heterocycles. The summed E-state index contributed by atoms with van der Waals surface area (Å²) >= 11 is 11.1. The van der Waals surface area contributed by atoms with Crippen LogP contribution in [0.3, 0.4) is 0 Å². The molecule has 0 aliphatic carbocycles. The summed E-state index contributed by atoms with van der Waals surface area (Å²) < 4.78 is 25.9. The summed E-state index contributed by atoms with van der Waals surface area (Å²) in [6, 6.07) is 6.57. The van der Waals surface area contributed by atoms with Crippen LogP contribution in [-0.2, 0) is 16.4 Å². The van der Waals surface area contributed by atoms with Crippen LogP contribution in [0.25, 0.3) is 0 Å². The topological polar surface area (TPSA) is 46.2 Å². The van der Waals surface area contributed by atoms with Crippen LogP contribution in [0.4, 0.5) is 0 Å². The Morgan fingerprint density at radius 2 is 1.88 bits per heavy atom. The van der Waals surface area contributed by atoms with E-state index in [0.717, 1.165) is 5.56 Å². The number of hydrogen-bond donors (Lipinski definition) is 1. The minimum Gasteiger partial charge on any atom is -0.207 e. The fraction of sp³-hybridized carbons (Fsp3) is 0.273. The first-order valence-electron chi connectivity index (χ1n) is 4.93. The van der Waals surface area contributed by atoms with Crippen molar-refractivity contribution in [2.45, 2.75) is 11.3 Å². The van der Waals surface area contributed by atoms with Crippen molar-refractivity contribution in [3.8, 4) is 0 Å². The predicted molar refractivity (Wildman–Crippen MR) is 71.0 cm³/mol. The molecule has 0 aromatic heterocycles. The van der Waals surface area contributed by atoms with Gasteiger partial charge in [-0.25, -0.2) is 13.1 Å². The third-order valence-corrected chi connectivity index (χ3v) is 3.81. The first kappa shape index (κ1) is 14.5. The predicted octanol–water partition coefficient (Wildman–Crippen LogP) is 2.50. The van der Waals surface area contributed by atoms with Gasteiger partial charge in [0.05, 0.1) is 4.90 Å². The molecule has 0 heterocycles. The molecule has 0 atom stereocenters. The van der Waals surface area contributed by atoms with Crippen molar-refractivity contribution in [3.63, 3.8) is 0 Å². The van der Waals surface area contributed by atoms with Gasteiger partial charge >= 0.3 is 0 Å². The second-order valence-electron chi connectivity index (χ2n) is 3.42. The van der Waals surface area contributed by atoms with Gasteiger partial charge < -0.3 is 0 Å². The average Bonchev–Trinajstić information content (AvgIpc) is 2.28. The molecule has 1 N–H and O–H groups in total. The van der Waals surface area contributed by atoms with E-state index in [2.05, 4.69) is 11.3 Å². The molecule has 1 aromatic carbocycles. The Kier molecular flexibility index (Phi) is 5.46. The number of halogens is 2. The second-order valence-corrected chi connectivity index (χ2v) is 6.10. The maximum absolute atomic E-state index is 11.8. The fourth-order valence-corrected chi connectivity index (χ4v) is 2.59. The summed E-state index contributed by atoms with van der Waals surface area (Å²) in [5.41, 5.74) is 1.00. The Balaban J connectivity index is 2.81. The molecule has 0 aliphatic heterocycles. The van der Waals surface area contributed by atoms with Gasteiger partial charge in [0, 0.05) is 17.5 Å². The number of hydrogen-bond acceptors (Lipinski definition) is 2. The van der Waals surface area contributed by atoms with Crippen LogP contribution in [0, 0.1) is 0 Å². The lowest BCUT2D eigenvalue weighted by molar-refractivity contribution is 0.585. The van der Waals surface area contributed by atoms with Gasteiger partial charge in [0.25, 0.3) is 0 Å². The summed E-state index contributed by atoms with van der Waals surface area (Å²) in [4.78, 5) is 0.203. The van der Waals surface area contributed by atoms with E-state index in [1.807, 2.05) is 0 Å². The van der Waals surface area contributed by atoms with Crippen LogP contribution in [0.15, 0.2) is 40.8 Å². The largest absolute Gasteiger partial charge is 0.240 e. The highest BCUT2D eigenvalue weighted by molar-refractivity contribution is 7.89. The number of aryl methyl sites for hydroxylation is 1. The van der Waals surface area contributed by atoms with Crippen molar-refractivity contribution in [2.24, 2.45) is 0 Å². The second kappa shape index (κ2) is 6.40. The fourth-order valence-electron chi connectivity index (χ4n) is 1.20. The Labute approximate surface area is 111 Å². The minimum atomic E-state index is -3.52. The van der Waals surface area contributed by atoms with Crippen LogP contribution in [0.1, 0.15) is 5.56 Å². The number of benzene rings is 1. The smallest absolute Gasteiger partial charge is 0.207 e. The highest BCUT2D eigenvalue weighted by Gasteiger charge is 2.13. The molecule has 1 rings (SSSR count). The monoisotopic (exact) mass is 293 g/mol. The molecule has 6 heteroatoms. The van der Waals surface area contributed by atoms with E-state index >= 15 is 0 Å². The maximum atomic E-state index is 11.8. The van der Waals surface area contributed by atoms with Gasteiger partial charge in [0.15, 0.2) is 0 Å². The van der Waals surface area contributed by atoms with E-state index in [9.17, 15) is 8.42 Å². The van der Waals surface area contributed by atoms with Crippen molar-refractivity contribution in [1.82, 2.24) is 4.72 Å². The highest BCUT2D eigenvalue weighted by atomic mass is 35.5. The highest BCUT2D eigenvalue weighted by Crippen LogP contribution is 2.11. The van der Waals surface area contributed by atoms with Crippen molar-refractivity contribution >= 4 is 33.2 Å². The van der Waals surface area contributed by atoms with Crippen LogP contribution >= 0.6 is 23.2 Å². The zero-order chi connectivity index (χ0) is 12.9. The van der Waals surface area contributed by atoms with Gasteiger partial charge in [0.1, 0.15) is 0 Å². The van der Waals surface area contributed by atoms with Gasteiger partial charge in [-0.1, -0.05) is 30.3 Å². The molecule has 0 fully saturated rings. The molecular formula is C11H13Cl2NO2S. The Bertz CT molecular complexity index is 483. The van der Waals surface area contributed by atoms with Gasteiger partial charge in [-0.05, 0) is 24.1 Å². The molecule has 0 bridgehead atoms. The van der Waals surface area contributed by atoms with Crippen LogP contribution < -0.4 is 4.72 Å². The normalized spacial score (nSPS) is 11.4. The van der Waals surface area contributed by atoms with Crippen molar-refractivity contribution < 1.29 is 8.42 Å². The zero-order valence-electron chi connectivity index (χ0n) is 9.12. The van der Waals surface area contributed by atoms with E-state index < -0.39 is 10.0 Å². The van der Waals surface area contributed by atoms with Crippen LogP contribution in [0.5, 0.6) is 0 Å². The standard InChI is InChI=1S/C11H13Cl2NO2S/c1-9(13)8-14-17(15,16)11-4-2-10(3-5-11)6-7-12/h2-5,14H,1,6-8H2. The summed E-state index contributed by atoms with van der Waals surface area (Å²) in [6.45, 7) is 3.44. The number of sulfonamides is 1. The molecule has 17 heavy (non-hydrogen) atoms. The molecule has 1 aromatic rings. The SMILES string of the molecule is C=C(Cl)CNS(=O)(=O)c1ccc(CCCl)cc1. The van der Waals surface area contributed by atoms with E-state index in [-0.39, 0.29) is 16.5 Å². The van der Waals surface area contributed by atoms with Gasteiger partial charge in [-0.2, -0.15) is 0 Å². The minimum absolute atomic E-state index is 0.0212. The van der Waals surface area contributed by atoms with Crippen LogP contribution in [0.2, 0.25) is 0 Å². The molecule has 0 saturated carbocycles. The Morgan fingerprint density at radius 1 is 1.29 bits per heavy atom. The lowest BCUT2D eigenvalue weighted by atomic mass is 10.2. The summed E-state index contributed by atoms with van der Waals surface area (Å²) in [7, 11) is -3.52. The molecule has 0 aliphatic rings. The third kappa shape index (κ3) is 4.68. The number of nitrogens with one attached hydrogen (secondary N) is 1. The average molecular weight is 294 g/mol. The van der Waals surface area contributed by atoms with E-state index in [1.165, 1.54) is 0 Å². The van der Waals surface area contributed by atoms with E-state index in [0.29, 0.717) is 12.3 Å². The molecular weight excluding hydrogens is 281 g/mol. The summed E-state index contributed by atoms with van der Waals surface area (Å²) in [5.74, 6) is 0.510. The van der Waals surface area contributed by atoms with Gasteiger partial charge in [-0.3, -0.25) is 0 Å². The summed E-state index contributed by atoms with van der Waals surface area (Å²) in [6.07, 6.45) is 0.716. The molecule has 94 valence electrons. The molecule has 0 amide bonds. The first-order chi connectivity index (χ1) is 7.95. The molecule has 0 unspecified atom stereocenters. The lowest BCUT2D eigenvalue weighted by Crippen LogP contribution is -2.24. The summed E-state index contributed by atoms with van der Waals surface area (Å²) in [5, 5.41) is 0.243. The molecule has 3 nitrogen and oxygen atoms in total. The first-order valence-corrected chi connectivity index (χ1v) is 7.33. The number of rotatable bonds is 6. The molecule has 0 spiro atoms. The quantitative estimate of drug-likeness (QED) is 0.819. The van der Waals surface area contributed by atoms with Gasteiger partial charge in [-0.15, -0.1) is 11.6 Å². The van der Waals surface area contributed by atoms with Crippen molar-refractivity contribution in [3.05, 3.63) is 41.4 Å². The van der Waals surface area contributed by atoms with Crippen molar-refractivity contribution in [2.75, 3.05) is 12.4 Å². The van der Waals surface area contributed by atoms with Crippen molar-refractivity contribution in [1.29, 1.82) is 0 Å². The van der Waals surface area contributed by atoms with E-state index in [1.54, 1.807) is 24.3 Å². The third-order valence-electron chi connectivity index (χ3n) is 2.07. The van der Waals surface area contributed by atoms with E-state index in [4.69, 9.17) is 23.2 Å². The Hall–Kier alpha value is -0.550. The maximum Gasteiger partial charge on any atom is 0.240 e. The number of alkyl halides is 1. The zero-order valence-corrected chi connectivity index (χ0v) is 11.4. The van der Waals surface area contributed by atoms with Gasteiger partial charge in [0.2, 0.25) is 10.0 Å². The lowest BCUT2D eigenvalue weighted by Gasteiger charge is -2.06. The Morgan fingerprint density at radius 3 is 2.35 bits per heavy atom. The van der Waals surface area contributed by atoms with Crippen LogP contribution in [-0.4, -0.2) is 20.8 Å².